The number of hydrogen-bond acceptors (Lipinski definition) is 4. The second kappa shape index (κ2) is 4.63. The molecule has 0 saturated carbocycles. The number of nitrogens with two attached hydrogens (primary N) is 1. The molecule has 3 N–H and O–H groups in total. The van der Waals surface area contributed by atoms with Crippen LogP contribution in [0.4, 0.5) is 11.4 Å². The zero-order valence-electron chi connectivity index (χ0n) is 11.5. The topological polar surface area (TPSA) is 54.2 Å². The third-order valence-electron chi connectivity index (χ3n) is 4.85. The molecule has 0 amide bonds. The maximum absolute atomic E-state index is 6.05. The predicted octanol–water partition coefficient (Wildman–Crippen LogP) is 2.32. The van der Waals surface area contributed by atoms with E-state index in [4.69, 9.17) is 5.73 Å². The molecule has 3 aliphatic heterocycles. The van der Waals surface area contributed by atoms with Crippen molar-refractivity contribution in [3.05, 3.63) is 30.6 Å². The average molecular weight is 268 g/mol. The Hall–Kier alpha value is -1.81. The summed E-state index contributed by atoms with van der Waals surface area (Å²) in [6, 6.07) is 6.64. The fourth-order valence-electron chi connectivity index (χ4n) is 3.67. The number of piperidine rings is 3. The largest absolute Gasteiger partial charge is 0.398 e. The number of rotatable bonds is 2. The summed E-state index contributed by atoms with van der Waals surface area (Å²) in [6.07, 6.45) is 6.36. The van der Waals surface area contributed by atoms with Gasteiger partial charge in [-0.05, 0) is 50.0 Å². The highest BCUT2D eigenvalue weighted by atomic mass is 15.2. The summed E-state index contributed by atoms with van der Waals surface area (Å²) in [5.41, 5.74) is 8.04. The summed E-state index contributed by atoms with van der Waals surface area (Å²) in [6.45, 7) is 3.70. The first-order chi connectivity index (χ1) is 9.81. The van der Waals surface area contributed by atoms with Gasteiger partial charge in [0.2, 0.25) is 0 Å². The van der Waals surface area contributed by atoms with Crippen molar-refractivity contribution in [3.63, 3.8) is 0 Å². The van der Waals surface area contributed by atoms with Gasteiger partial charge in [-0.15, -0.1) is 0 Å². The lowest BCUT2D eigenvalue weighted by molar-refractivity contribution is 0.0976. The second-order valence-electron chi connectivity index (χ2n) is 6.01. The van der Waals surface area contributed by atoms with Crippen LogP contribution in [0.15, 0.2) is 30.6 Å². The van der Waals surface area contributed by atoms with E-state index >= 15 is 0 Å². The van der Waals surface area contributed by atoms with Gasteiger partial charge in [-0.3, -0.25) is 4.98 Å². The molecular formula is C16H20N4. The Balaban J connectivity index is 1.68. The number of nitrogen functional groups attached to an aromatic ring is 1. The van der Waals surface area contributed by atoms with Crippen LogP contribution in [0.5, 0.6) is 0 Å². The van der Waals surface area contributed by atoms with Gasteiger partial charge in [0, 0.05) is 47.1 Å². The van der Waals surface area contributed by atoms with Crippen LogP contribution in [0.1, 0.15) is 12.8 Å². The number of pyridine rings is 1. The van der Waals surface area contributed by atoms with Crippen LogP contribution < -0.4 is 11.1 Å². The van der Waals surface area contributed by atoms with Crippen molar-refractivity contribution in [2.75, 3.05) is 30.7 Å². The highest BCUT2D eigenvalue weighted by Crippen LogP contribution is 2.33. The van der Waals surface area contributed by atoms with Crippen molar-refractivity contribution >= 4 is 22.1 Å². The highest BCUT2D eigenvalue weighted by molar-refractivity contribution is 6.00. The molecule has 1 aromatic heterocycles. The molecular weight excluding hydrogens is 248 g/mol. The first-order valence-electron chi connectivity index (χ1n) is 7.42. The van der Waals surface area contributed by atoms with Crippen molar-refractivity contribution in [3.8, 4) is 0 Å². The van der Waals surface area contributed by atoms with E-state index in [9.17, 15) is 0 Å². The maximum atomic E-state index is 6.05. The first-order valence-corrected chi connectivity index (χ1v) is 7.42. The molecule has 2 bridgehead atoms. The molecule has 4 heteroatoms. The van der Waals surface area contributed by atoms with Crippen molar-refractivity contribution < 1.29 is 0 Å². The molecule has 104 valence electrons. The van der Waals surface area contributed by atoms with Gasteiger partial charge in [-0.2, -0.15) is 0 Å². The van der Waals surface area contributed by atoms with Gasteiger partial charge in [-0.1, -0.05) is 0 Å². The van der Waals surface area contributed by atoms with Gasteiger partial charge in [0.15, 0.2) is 0 Å². The molecule has 3 saturated heterocycles. The second-order valence-corrected chi connectivity index (χ2v) is 6.01. The van der Waals surface area contributed by atoms with E-state index in [1.54, 1.807) is 6.20 Å². The van der Waals surface area contributed by atoms with Crippen LogP contribution >= 0.6 is 0 Å². The van der Waals surface area contributed by atoms with Crippen molar-refractivity contribution in [1.29, 1.82) is 0 Å². The molecule has 20 heavy (non-hydrogen) atoms. The summed E-state index contributed by atoms with van der Waals surface area (Å²) in [5, 5.41) is 5.96. The Morgan fingerprint density at radius 1 is 1.15 bits per heavy atom. The smallest absolute Gasteiger partial charge is 0.0439 e. The zero-order valence-corrected chi connectivity index (χ0v) is 11.5. The third-order valence-corrected chi connectivity index (χ3v) is 4.85. The first kappa shape index (κ1) is 12.0. The van der Waals surface area contributed by atoms with Crippen LogP contribution in [-0.2, 0) is 0 Å². The van der Waals surface area contributed by atoms with Crippen LogP contribution in [0.3, 0.4) is 0 Å². The van der Waals surface area contributed by atoms with Gasteiger partial charge >= 0.3 is 0 Å². The lowest BCUT2D eigenvalue weighted by Crippen LogP contribution is -2.53. The predicted molar refractivity (Wildman–Crippen MR) is 82.7 cm³/mol. The van der Waals surface area contributed by atoms with E-state index in [0.717, 1.165) is 28.9 Å². The van der Waals surface area contributed by atoms with Gasteiger partial charge in [0.1, 0.15) is 0 Å². The summed E-state index contributed by atoms with van der Waals surface area (Å²) in [5.74, 6) is 0.810. The highest BCUT2D eigenvalue weighted by Gasteiger charge is 2.34. The van der Waals surface area contributed by atoms with Gasteiger partial charge < -0.3 is 16.0 Å². The number of benzene rings is 1. The standard InChI is InChI=1S/C16H20N4/c17-14-1-2-15(13-9-18-6-3-12(13)14)19-16-10-20-7-4-11(16)5-8-20/h1-3,6,9,11,16,19H,4-5,7-8,10,17H2. The van der Waals surface area contributed by atoms with E-state index in [1.165, 1.54) is 31.6 Å². The van der Waals surface area contributed by atoms with E-state index in [-0.39, 0.29) is 0 Å². The Morgan fingerprint density at radius 3 is 2.75 bits per heavy atom. The molecule has 4 heterocycles. The number of nitrogens with one attached hydrogen (secondary N) is 1. The molecule has 3 fully saturated rings. The molecule has 0 radical (unpaired) electrons. The van der Waals surface area contributed by atoms with E-state index in [2.05, 4.69) is 21.3 Å². The minimum atomic E-state index is 0.560. The van der Waals surface area contributed by atoms with Gasteiger partial charge in [-0.25, -0.2) is 0 Å². The van der Waals surface area contributed by atoms with Crippen LogP contribution in [0, 0.1) is 5.92 Å². The number of anilines is 2. The summed E-state index contributed by atoms with van der Waals surface area (Å²) < 4.78 is 0. The zero-order chi connectivity index (χ0) is 13.5. The minimum Gasteiger partial charge on any atom is -0.398 e. The van der Waals surface area contributed by atoms with Gasteiger partial charge in [0.25, 0.3) is 0 Å². The SMILES string of the molecule is Nc1ccc(NC2CN3CCC2CC3)c2cnccc12. The molecule has 4 nitrogen and oxygen atoms in total. The lowest BCUT2D eigenvalue weighted by atomic mass is 9.84. The van der Waals surface area contributed by atoms with E-state index in [1.807, 2.05) is 18.3 Å². The molecule has 0 aliphatic carbocycles. The van der Waals surface area contributed by atoms with Crippen molar-refractivity contribution in [2.45, 2.75) is 18.9 Å². The van der Waals surface area contributed by atoms with Crippen molar-refractivity contribution in [2.24, 2.45) is 5.92 Å². The number of aromatic nitrogens is 1. The van der Waals surface area contributed by atoms with Gasteiger partial charge in [0.05, 0.1) is 0 Å². The average Bonchev–Trinajstić information content (AvgIpc) is 2.52. The normalized spacial score (nSPS) is 28.7. The molecule has 5 rings (SSSR count). The Kier molecular flexibility index (Phi) is 2.77. The maximum Gasteiger partial charge on any atom is 0.0439 e. The fourth-order valence-corrected chi connectivity index (χ4v) is 3.67. The monoisotopic (exact) mass is 268 g/mol. The molecule has 1 aromatic carbocycles. The van der Waals surface area contributed by atoms with Crippen LogP contribution in [0.25, 0.3) is 10.8 Å². The summed E-state index contributed by atoms with van der Waals surface area (Å²) >= 11 is 0. The third kappa shape index (κ3) is 1.91. The van der Waals surface area contributed by atoms with Crippen molar-refractivity contribution in [1.82, 2.24) is 9.88 Å². The molecule has 1 atom stereocenters. The Morgan fingerprint density at radius 2 is 2.00 bits per heavy atom. The minimum absolute atomic E-state index is 0.560. The molecule has 0 spiro atoms. The number of fused-ring (bicyclic) bond motifs is 4. The Bertz CT molecular complexity index is 631. The molecule has 3 aliphatic rings. The van der Waals surface area contributed by atoms with E-state index < -0.39 is 0 Å². The quantitative estimate of drug-likeness (QED) is 0.821. The van der Waals surface area contributed by atoms with Crippen LogP contribution in [-0.4, -0.2) is 35.6 Å². The molecule has 2 aromatic rings. The number of hydrogen-bond donors (Lipinski definition) is 2. The summed E-state index contributed by atoms with van der Waals surface area (Å²) in [4.78, 5) is 6.81. The fraction of sp³-hybridized carbons (Fsp3) is 0.438. The lowest BCUT2D eigenvalue weighted by Gasteiger charge is -2.45. The molecule has 1 unspecified atom stereocenters. The van der Waals surface area contributed by atoms with E-state index in [0.29, 0.717) is 6.04 Å². The van der Waals surface area contributed by atoms with Crippen LogP contribution in [0.2, 0.25) is 0 Å². The number of nitrogens with zero attached hydrogens (tertiary/aromatic N) is 2. The Labute approximate surface area is 119 Å². The summed E-state index contributed by atoms with van der Waals surface area (Å²) in [7, 11) is 0.